The first-order chi connectivity index (χ1) is 9.65. The fourth-order valence-corrected chi connectivity index (χ4v) is 2.00. The number of H-pyrrole nitrogens is 1. The van der Waals surface area contributed by atoms with Crippen molar-refractivity contribution in [2.24, 2.45) is 0 Å². The van der Waals surface area contributed by atoms with Gasteiger partial charge in [0.05, 0.1) is 6.61 Å². The van der Waals surface area contributed by atoms with Gasteiger partial charge in [0.2, 0.25) is 0 Å². The highest BCUT2D eigenvalue weighted by Crippen LogP contribution is 2.25. The number of halogens is 1. The minimum Gasteiger partial charge on any atom is -0.460 e. The third kappa shape index (κ3) is 3.01. The number of nitrogens with one attached hydrogen (secondary N) is 1. The van der Waals surface area contributed by atoms with Crippen LogP contribution < -0.4 is 0 Å². The molecule has 1 unspecified atom stereocenters. The van der Waals surface area contributed by atoms with E-state index in [-0.39, 0.29) is 24.2 Å². The Hall–Kier alpha value is -2.24. The molecule has 1 aromatic heterocycles. The van der Waals surface area contributed by atoms with Gasteiger partial charge >= 0.3 is 5.97 Å². The van der Waals surface area contributed by atoms with Crippen LogP contribution in [0.5, 0.6) is 0 Å². The van der Waals surface area contributed by atoms with Gasteiger partial charge in [0.1, 0.15) is 11.6 Å². The lowest BCUT2D eigenvalue weighted by Crippen LogP contribution is -2.07. The van der Waals surface area contributed by atoms with Gasteiger partial charge in [-0.2, -0.15) is 0 Å². The molecule has 0 aliphatic carbocycles. The van der Waals surface area contributed by atoms with Crippen molar-refractivity contribution in [2.45, 2.75) is 26.2 Å². The Kier molecular flexibility index (Phi) is 4.45. The van der Waals surface area contributed by atoms with Crippen molar-refractivity contribution in [3.63, 3.8) is 0 Å². The number of carbonyl (C=O) groups is 1. The molecule has 1 aromatic carbocycles. The van der Waals surface area contributed by atoms with Gasteiger partial charge in [-0.05, 0) is 31.0 Å². The average Bonchev–Trinajstić information content (AvgIpc) is 2.92. The van der Waals surface area contributed by atoms with E-state index in [1.807, 2.05) is 6.92 Å². The minimum atomic E-state index is -0.552. The van der Waals surface area contributed by atoms with Gasteiger partial charge in [-0.25, -0.2) is 14.2 Å². The van der Waals surface area contributed by atoms with E-state index in [1.165, 1.54) is 12.1 Å². The van der Waals surface area contributed by atoms with E-state index >= 15 is 0 Å². The van der Waals surface area contributed by atoms with Crippen molar-refractivity contribution in [2.75, 3.05) is 6.61 Å². The molecule has 1 heterocycles. The lowest BCUT2D eigenvalue weighted by Gasteiger charge is -2.11. The molecule has 0 aliphatic rings. The maximum Gasteiger partial charge on any atom is 0.378 e. The zero-order valence-corrected chi connectivity index (χ0v) is 11.4. The maximum absolute atomic E-state index is 13.0. The van der Waals surface area contributed by atoms with Crippen molar-refractivity contribution in [3.8, 4) is 0 Å². The average molecular weight is 277 g/mol. The van der Waals surface area contributed by atoms with Crippen LogP contribution in [0.4, 0.5) is 4.39 Å². The highest BCUT2D eigenvalue weighted by molar-refractivity contribution is 5.84. The molecular formula is C14H16FN3O2. The van der Waals surface area contributed by atoms with E-state index < -0.39 is 5.97 Å². The number of rotatable bonds is 5. The van der Waals surface area contributed by atoms with E-state index in [2.05, 4.69) is 15.2 Å². The lowest BCUT2D eigenvalue weighted by molar-refractivity contribution is 0.0512. The van der Waals surface area contributed by atoms with Crippen molar-refractivity contribution < 1.29 is 13.9 Å². The predicted octanol–water partition coefficient (Wildman–Crippen LogP) is 2.66. The monoisotopic (exact) mass is 277 g/mol. The smallest absolute Gasteiger partial charge is 0.378 e. The van der Waals surface area contributed by atoms with Crippen LogP contribution in [0.15, 0.2) is 24.3 Å². The predicted molar refractivity (Wildman–Crippen MR) is 70.9 cm³/mol. The Labute approximate surface area is 116 Å². The quantitative estimate of drug-likeness (QED) is 0.853. The molecule has 0 saturated heterocycles. The SMILES string of the molecule is CCOC(=O)c1n[nH]c(C(CC)c2ccc(F)cc2)n1. The van der Waals surface area contributed by atoms with Crippen LogP contribution in [0.2, 0.25) is 0 Å². The Morgan fingerprint density at radius 1 is 1.35 bits per heavy atom. The maximum atomic E-state index is 13.0. The number of aromatic amines is 1. The van der Waals surface area contributed by atoms with Crippen molar-refractivity contribution >= 4 is 5.97 Å². The fraction of sp³-hybridized carbons (Fsp3) is 0.357. The molecule has 0 aliphatic heterocycles. The second-order valence-electron chi connectivity index (χ2n) is 4.28. The summed E-state index contributed by atoms with van der Waals surface area (Å²) in [4.78, 5) is 15.7. The minimum absolute atomic E-state index is 0.0161. The molecule has 0 bridgehead atoms. The van der Waals surface area contributed by atoms with Crippen LogP contribution in [-0.2, 0) is 4.74 Å². The lowest BCUT2D eigenvalue weighted by atomic mass is 9.96. The van der Waals surface area contributed by atoms with Crippen molar-refractivity contribution in [1.82, 2.24) is 15.2 Å². The molecule has 20 heavy (non-hydrogen) atoms. The summed E-state index contributed by atoms with van der Waals surface area (Å²) in [5.41, 5.74) is 0.917. The van der Waals surface area contributed by atoms with Gasteiger partial charge in [-0.15, -0.1) is 5.10 Å². The topological polar surface area (TPSA) is 67.9 Å². The fourth-order valence-electron chi connectivity index (χ4n) is 2.00. The normalized spacial score (nSPS) is 12.2. The zero-order valence-electron chi connectivity index (χ0n) is 11.4. The Balaban J connectivity index is 2.24. The highest BCUT2D eigenvalue weighted by atomic mass is 19.1. The highest BCUT2D eigenvalue weighted by Gasteiger charge is 2.20. The van der Waals surface area contributed by atoms with E-state index in [9.17, 15) is 9.18 Å². The van der Waals surface area contributed by atoms with Crippen molar-refractivity contribution in [3.05, 3.63) is 47.3 Å². The van der Waals surface area contributed by atoms with E-state index in [0.717, 1.165) is 12.0 Å². The number of hydrogen-bond donors (Lipinski definition) is 1. The number of nitrogens with zero attached hydrogens (tertiary/aromatic N) is 2. The number of hydrogen-bond acceptors (Lipinski definition) is 4. The van der Waals surface area contributed by atoms with Gasteiger partial charge in [0.25, 0.3) is 5.82 Å². The number of esters is 1. The largest absolute Gasteiger partial charge is 0.460 e. The molecule has 0 amide bonds. The van der Waals surface area contributed by atoms with Crippen LogP contribution in [0.1, 0.15) is 48.2 Å². The molecule has 0 saturated carbocycles. The third-order valence-corrected chi connectivity index (χ3v) is 2.97. The van der Waals surface area contributed by atoms with E-state index in [0.29, 0.717) is 5.82 Å². The van der Waals surface area contributed by atoms with Crippen LogP contribution >= 0.6 is 0 Å². The first-order valence-corrected chi connectivity index (χ1v) is 6.50. The molecule has 0 radical (unpaired) electrons. The Morgan fingerprint density at radius 3 is 2.65 bits per heavy atom. The molecule has 0 spiro atoms. The number of aromatic nitrogens is 3. The summed E-state index contributed by atoms with van der Waals surface area (Å²) in [5.74, 6) is -0.312. The molecule has 2 rings (SSSR count). The Bertz CT molecular complexity index is 580. The van der Waals surface area contributed by atoms with Crippen LogP contribution in [-0.4, -0.2) is 27.8 Å². The second-order valence-corrected chi connectivity index (χ2v) is 4.28. The molecular weight excluding hydrogens is 261 g/mol. The molecule has 2 aromatic rings. The zero-order chi connectivity index (χ0) is 14.5. The van der Waals surface area contributed by atoms with Gasteiger partial charge in [0, 0.05) is 5.92 Å². The van der Waals surface area contributed by atoms with Gasteiger partial charge in [-0.1, -0.05) is 19.1 Å². The summed E-state index contributed by atoms with van der Waals surface area (Å²) in [5, 5.41) is 6.62. The Morgan fingerprint density at radius 2 is 2.05 bits per heavy atom. The van der Waals surface area contributed by atoms with Gasteiger partial charge in [0.15, 0.2) is 0 Å². The summed E-state index contributed by atoms with van der Waals surface area (Å²) in [6.45, 7) is 3.98. The summed E-state index contributed by atoms with van der Waals surface area (Å²) in [6.07, 6.45) is 0.753. The van der Waals surface area contributed by atoms with Gasteiger partial charge < -0.3 is 4.74 Å². The molecule has 6 heteroatoms. The number of ether oxygens (including phenoxy) is 1. The van der Waals surface area contributed by atoms with Crippen molar-refractivity contribution in [1.29, 1.82) is 0 Å². The van der Waals surface area contributed by atoms with Crippen LogP contribution in [0.3, 0.4) is 0 Å². The van der Waals surface area contributed by atoms with Crippen LogP contribution in [0.25, 0.3) is 0 Å². The van der Waals surface area contributed by atoms with E-state index in [1.54, 1.807) is 19.1 Å². The summed E-state index contributed by atoms with van der Waals surface area (Å²) in [7, 11) is 0. The molecule has 1 N–H and O–H groups in total. The molecule has 1 atom stereocenters. The molecule has 0 fully saturated rings. The van der Waals surface area contributed by atoms with Gasteiger partial charge in [-0.3, -0.25) is 5.10 Å². The van der Waals surface area contributed by atoms with E-state index in [4.69, 9.17) is 4.74 Å². The third-order valence-electron chi connectivity index (χ3n) is 2.97. The summed E-state index contributed by atoms with van der Waals surface area (Å²) >= 11 is 0. The first-order valence-electron chi connectivity index (χ1n) is 6.50. The van der Waals surface area contributed by atoms with Crippen LogP contribution in [0, 0.1) is 5.82 Å². The molecule has 106 valence electrons. The summed E-state index contributed by atoms with van der Waals surface area (Å²) < 4.78 is 17.8. The first kappa shape index (κ1) is 14.2. The standard InChI is InChI=1S/C14H16FN3O2/c1-3-11(9-5-7-10(15)8-6-9)12-16-13(18-17-12)14(19)20-4-2/h5-8,11H,3-4H2,1-2H3,(H,16,17,18). The number of carbonyl (C=O) groups excluding carboxylic acids is 1. The number of benzene rings is 1. The molecule has 5 nitrogen and oxygen atoms in total. The second kappa shape index (κ2) is 6.27. The summed E-state index contributed by atoms with van der Waals surface area (Å²) in [6, 6.07) is 6.22.